The number of hydrogen-bond donors (Lipinski definition) is 2. The topological polar surface area (TPSA) is 79.5 Å². The van der Waals surface area contributed by atoms with Crippen molar-refractivity contribution < 1.29 is 23.5 Å². The van der Waals surface area contributed by atoms with Gasteiger partial charge in [-0.3, -0.25) is 4.79 Å². The Hall–Kier alpha value is -2.63. The summed E-state index contributed by atoms with van der Waals surface area (Å²) in [5, 5.41) is 11.6. The summed E-state index contributed by atoms with van der Waals surface area (Å²) >= 11 is 0. The number of carboxylic acid groups (broad SMARTS) is 1. The third kappa shape index (κ3) is 3.94. The molecule has 2 aromatic rings. The lowest BCUT2D eigenvalue weighted by atomic mass is 10.1. The van der Waals surface area contributed by atoms with Crippen molar-refractivity contribution in [1.82, 2.24) is 5.32 Å². The van der Waals surface area contributed by atoms with Gasteiger partial charge in [0, 0.05) is 12.8 Å². The quantitative estimate of drug-likeness (QED) is 0.859. The molecule has 0 radical (unpaired) electrons. The van der Waals surface area contributed by atoms with Gasteiger partial charge in [0.25, 0.3) is 5.91 Å². The summed E-state index contributed by atoms with van der Waals surface area (Å²) in [5.41, 5.74) is 0.614. The highest BCUT2D eigenvalue weighted by Gasteiger charge is 2.22. The summed E-state index contributed by atoms with van der Waals surface area (Å²) in [6.07, 6.45) is 0.702. The Morgan fingerprint density at radius 3 is 2.45 bits per heavy atom. The molecule has 0 saturated heterocycles. The molecule has 2 rings (SSSR count). The maximum absolute atomic E-state index is 12.9. The fourth-order valence-corrected chi connectivity index (χ4v) is 1.98. The molecule has 0 saturated carbocycles. The molecule has 1 aromatic heterocycles. The Labute approximate surface area is 126 Å². The zero-order valence-corrected chi connectivity index (χ0v) is 12.0. The monoisotopic (exact) mass is 305 g/mol. The van der Waals surface area contributed by atoms with Crippen LogP contribution in [-0.2, 0) is 17.6 Å². The molecule has 116 valence electrons. The molecule has 1 aromatic carbocycles. The molecule has 0 aliphatic carbocycles. The Morgan fingerprint density at radius 2 is 1.91 bits per heavy atom. The molecule has 1 heterocycles. The maximum Gasteiger partial charge on any atom is 0.326 e. The van der Waals surface area contributed by atoms with Gasteiger partial charge >= 0.3 is 5.97 Å². The van der Waals surface area contributed by atoms with E-state index in [2.05, 4.69) is 5.32 Å². The molecule has 0 spiro atoms. The highest BCUT2D eigenvalue weighted by molar-refractivity contribution is 5.94. The molecule has 5 nitrogen and oxygen atoms in total. The van der Waals surface area contributed by atoms with Crippen LogP contribution in [0.5, 0.6) is 0 Å². The Kier molecular flexibility index (Phi) is 4.93. The van der Waals surface area contributed by atoms with Gasteiger partial charge in [0.15, 0.2) is 5.76 Å². The van der Waals surface area contributed by atoms with Gasteiger partial charge in [-0.05, 0) is 29.8 Å². The summed E-state index contributed by atoms with van der Waals surface area (Å²) in [6.45, 7) is 1.88. The molecule has 0 fully saturated rings. The van der Waals surface area contributed by atoms with Gasteiger partial charge in [-0.15, -0.1) is 0 Å². The number of nitrogens with one attached hydrogen (secondary N) is 1. The number of carbonyl (C=O) groups excluding carboxylic acids is 1. The van der Waals surface area contributed by atoms with Crippen LogP contribution in [0.2, 0.25) is 0 Å². The van der Waals surface area contributed by atoms with E-state index in [1.165, 1.54) is 30.3 Å². The lowest BCUT2D eigenvalue weighted by Gasteiger charge is -2.13. The minimum atomic E-state index is -1.17. The van der Waals surface area contributed by atoms with Gasteiger partial charge in [-0.1, -0.05) is 19.1 Å². The number of rotatable bonds is 6. The first-order valence-corrected chi connectivity index (χ1v) is 6.86. The van der Waals surface area contributed by atoms with Crippen molar-refractivity contribution in [3.05, 3.63) is 59.3 Å². The third-order valence-electron chi connectivity index (χ3n) is 3.19. The van der Waals surface area contributed by atoms with E-state index in [-0.39, 0.29) is 12.2 Å². The van der Waals surface area contributed by atoms with Crippen LogP contribution in [0.1, 0.15) is 28.8 Å². The number of halogens is 1. The normalized spacial score (nSPS) is 11.9. The summed E-state index contributed by atoms with van der Waals surface area (Å²) in [5.74, 6) is -1.44. The summed E-state index contributed by atoms with van der Waals surface area (Å²) in [4.78, 5) is 23.3. The lowest BCUT2D eigenvalue weighted by Crippen LogP contribution is -2.42. The molecule has 1 amide bonds. The third-order valence-corrected chi connectivity index (χ3v) is 3.19. The number of aliphatic carboxylic acids is 1. The van der Waals surface area contributed by atoms with Gasteiger partial charge < -0.3 is 14.8 Å². The number of carboxylic acids is 1. The first-order valence-electron chi connectivity index (χ1n) is 6.86. The highest BCUT2D eigenvalue weighted by atomic mass is 19.1. The van der Waals surface area contributed by atoms with Crippen molar-refractivity contribution in [1.29, 1.82) is 0 Å². The molecule has 0 aliphatic heterocycles. The van der Waals surface area contributed by atoms with Crippen LogP contribution in [0.3, 0.4) is 0 Å². The minimum absolute atomic E-state index is 0.0582. The smallest absolute Gasteiger partial charge is 0.326 e. The highest BCUT2D eigenvalue weighted by Crippen LogP contribution is 2.10. The van der Waals surface area contributed by atoms with E-state index in [4.69, 9.17) is 4.42 Å². The zero-order chi connectivity index (χ0) is 16.1. The summed E-state index contributed by atoms with van der Waals surface area (Å²) in [7, 11) is 0. The predicted molar refractivity (Wildman–Crippen MR) is 77.1 cm³/mol. The standard InChI is InChI=1S/C16H16FNO4/c1-2-12-7-8-14(22-12)15(19)18-13(16(20)21)9-10-3-5-11(17)6-4-10/h3-8,13H,2,9H2,1H3,(H,18,19)(H,20,21)/t13-/m1/s1. The van der Waals surface area contributed by atoms with Crippen molar-refractivity contribution in [2.24, 2.45) is 0 Å². The van der Waals surface area contributed by atoms with Crippen molar-refractivity contribution in [2.45, 2.75) is 25.8 Å². The van der Waals surface area contributed by atoms with Crippen LogP contribution in [-0.4, -0.2) is 23.0 Å². The molecular weight excluding hydrogens is 289 g/mol. The Balaban J connectivity index is 2.06. The van der Waals surface area contributed by atoms with Crippen LogP contribution in [0, 0.1) is 5.82 Å². The van der Waals surface area contributed by atoms with E-state index >= 15 is 0 Å². The van der Waals surface area contributed by atoms with Gasteiger partial charge in [0.2, 0.25) is 0 Å². The second kappa shape index (κ2) is 6.89. The van der Waals surface area contributed by atoms with Crippen molar-refractivity contribution in [3.63, 3.8) is 0 Å². The number of carbonyl (C=O) groups is 2. The lowest BCUT2D eigenvalue weighted by molar-refractivity contribution is -0.139. The number of furan rings is 1. The van der Waals surface area contributed by atoms with Gasteiger partial charge in [0.05, 0.1) is 0 Å². The summed E-state index contributed by atoms with van der Waals surface area (Å²) in [6, 6.07) is 7.52. The molecule has 0 aliphatic rings. The maximum atomic E-state index is 12.9. The molecule has 22 heavy (non-hydrogen) atoms. The number of aryl methyl sites for hydroxylation is 1. The average Bonchev–Trinajstić information content (AvgIpc) is 2.97. The van der Waals surface area contributed by atoms with Crippen LogP contribution >= 0.6 is 0 Å². The van der Waals surface area contributed by atoms with E-state index in [1.807, 2.05) is 6.92 Å². The second-order valence-corrected chi connectivity index (χ2v) is 4.81. The van der Waals surface area contributed by atoms with Crippen molar-refractivity contribution in [2.75, 3.05) is 0 Å². The number of benzene rings is 1. The molecule has 6 heteroatoms. The van der Waals surface area contributed by atoms with Crippen LogP contribution < -0.4 is 5.32 Å². The summed E-state index contributed by atoms with van der Waals surface area (Å²) < 4.78 is 18.1. The van der Waals surface area contributed by atoms with E-state index < -0.39 is 23.7 Å². The van der Waals surface area contributed by atoms with Crippen LogP contribution in [0.4, 0.5) is 4.39 Å². The predicted octanol–water partition coefficient (Wildman–Crippen LogP) is 2.41. The number of amides is 1. The first kappa shape index (κ1) is 15.8. The van der Waals surface area contributed by atoms with Gasteiger partial charge in [0.1, 0.15) is 17.6 Å². The fourth-order valence-electron chi connectivity index (χ4n) is 1.98. The molecule has 2 N–H and O–H groups in total. The first-order chi connectivity index (χ1) is 10.5. The van der Waals surface area contributed by atoms with Gasteiger partial charge in [-0.2, -0.15) is 0 Å². The number of hydrogen-bond acceptors (Lipinski definition) is 3. The van der Waals surface area contributed by atoms with Crippen LogP contribution in [0.25, 0.3) is 0 Å². The Bertz CT molecular complexity index is 663. The van der Waals surface area contributed by atoms with Crippen LogP contribution in [0.15, 0.2) is 40.8 Å². The fraction of sp³-hybridized carbons (Fsp3) is 0.250. The zero-order valence-electron chi connectivity index (χ0n) is 12.0. The van der Waals surface area contributed by atoms with E-state index in [0.29, 0.717) is 17.7 Å². The second-order valence-electron chi connectivity index (χ2n) is 4.81. The molecular formula is C16H16FNO4. The minimum Gasteiger partial charge on any atom is -0.480 e. The molecule has 1 atom stereocenters. The SMILES string of the molecule is CCc1ccc(C(=O)N[C@H](Cc2ccc(F)cc2)C(=O)O)o1. The van der Waals surface area contributed by atoms with E-state index in [9.17, 15) is 19.1 Å². The Morgan fingerprint density at radius 1 is 1.23 bits per heavy atom. The van der Waals surface area contributed by atoms with Crippen molar-refractivity contribution >= 4 is 11.9 Å². The van der Waals surface area contributed by atoms with Crippen molar-refractivity contribution in [3.8, 4) is 0 Å². The molecule has 0 bridgehead atoms. The van der Waals surface area contributed by atoms with E-state index in [1.54, 1.807) is 6.07 Å². The van der Waals surface area contributed by atoms with Gasteiger partial charge in [-0.25, -0.2) is 9.18 Å². The molecule has 0 unspecified atom stereocenters. The van der Waals surface area contributed by atoms with E-state index in [0.717, 1.165) is 0 Å². The largest absolute Gasteiger partial charge is 0.480 e. The average molecular weight is 305 g/mol.